The minimum Gasteiger partial charge on any atom is -0.302 e. The number of carbonyl (C=O) groups is 1. The molecule has 4 aromatic rings. The highest BCUT2D eigenvalue weighted by Crippen LogP contribution is 2.27. The van der Waals surface area contributed by atoms with Crippen molar-refractivity contribution < 1.29 is 17.6 Å². The zero-order chi connectivity index (χ0) is 21.3. The molecule has 2 N–H and O–H groups in total. The number of benzene rings is 2. The summed E-state index contributed by atoms with van der Waals surface area (Å²) in [7, 11) is -3.89. The molecule has 30 heavy (non-hydrogen) atoms. The van der Waals surface area contributed by atoms with E-state index in [1.54, 1.807) is 5.38 Å². The fourth-order valence-corrected chi connectivity index (χ4v) is 5.58. The van der Waals surface area contributed by atoms with Crippen molar-refractivity contribution in [2.24, 2.45) is 0 Å². The second kappa shape index (κ2) is 8.09. The second-order valence-corrected chi connectivity index (χ2v) is 9.99. The van der Waals surface area contributed by atoms with Gasteiger partial charge in [-0.1, -0.05) is 17.4 Å². The maximum atomic E-state index is 13.0. The van der Waals surface area contributed by atoms with Crippen LogP contribution in [0.5, 0.6) is 0 Å². The molecule has 4 rings (SSSR count). The summed E-state index contributed by atoms with van der Waals surface area (Å²) in [5.74, 6) is -0.830. The Morgan fingerprint density at radius 3 is 2.63 bits per heavy atom. The number of aromatic nitrogens is 2. The van der Waals surface area contributed by atoms with E-state index in [0.717, 1.165) is 39.2 Å². The van der Waals surface area contributed by atoms with Crippen molar-refractivity contribution >= 4 is 59.1 Å². The zero-order valence-corrected chi connectivity index (χ0v) is 18.0. The van der Waals surface area contributed by atoms with E-state index in [-0.39, 0.29) is 22.4 Å². The molecule has 0 saturated carbocycles. The van der Waals surface area contributed by atoms with Crippen molar-refractivity contribution in [3.05, 3.63) is 64.9 Å². The van der Waals surface area contributed by atoms with Crippen molar-refractivity contribution in [1.29, 1.82) is 0 Å². The lowest BCUT2D eigenvalue weighted by Gasteiger charge is -2.04. The van der Waals surface area contributed by atoms with Gasteiger partial charge in [0.15, 0.2) is 10.3 Å². The van der Waals surface area contributed by atoms with Crippen LogP contribution in [0.25, 0.3) is 10.2 Å². The number of rotatable bonds is 6. The molecule has 0 unspecified atom stereocenters. The number of nitrogens with one attached hydrogen (secondary N) is 2. The number of thiazole rings is 2. The van der Waals surface area contributed by atoms with Crippen LogP contribution in [0, 0.1) is 12.7 Å². The Kier molecular flexibility index (Phi) is 5.50. The van der Waals surface area contributed by atoms with Gasteiger partial charge in [-0.05, 0) is 48.9 Å². The van der Waals surface area contributed by atoms with Gasteiger partial charge < -0.3 is 5.32 Å². The molecule has 2 aromatic carbocycles. The third-order valence-corrected chi connectivity index (χ3v) is 7.25. The number of amides is 1. The van der Waals surface area contributed by atoms with Gasteiger partial charge in [-0.25, -0.2) is 22.8 Å². The van der Waals surface area contributed by atoms with Crippen molar-refractivity contribution in [1.82, 2.24) is 9.97 Å². The number of halogens is 1. The third-order valence-electron chi connectivity index (χ3n) is 4.03. The van der Waals surface area contributed by atoms with Gasteiger partial charge in [-0.2, -0.15) is 0 Å². The first-order chi connectivity index (χ1) is 14.3. The highest BCUT2D eigenvalue weighted by Gasteiger charge is 2.17. The van der Waals surface area contributed by atoms with Crippen molar-refractivity contribution in [3.63, 3.8) is 0 Å². The average Bonchev–Trinajstić information content (AvgIpc) is 3.27. The van der Waals surface area contributed by atoms with Gasteiger partial charge in [0, 0.05) is 5.38 Å². The van der Waals surface area contributed by atoms with E-state index in [9.17, 15) is 17.6 Å². The van der Waals surface area contributed by atoms with Gasteiger partial charge in [0.2, 0.25) is 5.91 Å². The summed E-state index contributed by atoms with van der Waals surface area (Å²) in [6, 6.07) is 10.3. The number of aryl methyl sites for hydroxylation is 1. The zero-order valence-electron chi connectivity index (χ0n) is 15.5. The van der Waals surface area contributed by atoms with Gasteiger partial charge in [0.1, 0.15) is 5.82 Å². The number of anilines is 2. The average molecular weight is 463 g/mol. The Morgan fingerprint density at radius 2 is 1.87 bits per heavy atom. The van der Waals surface area contributed by atoms with Crippen molar-refractivity contribution in [2.45, 2.75) is 18.2 Å². The van der Waals surface area contributed by atoms with E-state index in [1.165, 1.54) is 23.5 Å². The van der Waals surface area contributed by atoms with Gasteiger partial charge >= 0.3 is 0 Å². The Hall–Kier alpha value is -2.89. The number of fused-ring (bicyclic) bond motifs is 1. The molecule has 11 heteroatoms. The Labute approximate surface area is 179 Å². The monoisotopic (exact) mass is 462 g/mol. The summed E-state index contributed by atoms with van der Waals surface area (Å²) in [6.45, 7) is 1.99. The van der Waals surface area contributed by atoms with E-state index in [0.29, 0.717) is 10.8 Å². The predicted molar refractivity (Wildman–Crippen MR) is 116 cm³/mol. The van der Waals surface area contributed by atoms with Crippen LogP contribution in [0.2, 0.25) is 0 Å². The molecule has 0 fully saturated rings. The maximum absolute atomic E-state index is 13.0. The molecule has 0 aliphatic rings. The minimum atomic E-state index is -3.89. The van der Waals surface area contributed by atoms with E-state index < -0.39 is 15.8 Å². The summed E-state index contributed by atoms with van der Waals surface area (Å²) < 4.78 is 41.0. The fourth-order valence-electron chi connectivity index (χ4n) is 2.64. The van der Waals surface area contributed by atoms with E-state index >= 15 is 0 Å². The lowest BCUT2D eigenvalue weighted by molar-refractivity contribution is -0.115. The smallest absolute Gasteiger partial charge is 0.263 e. The molecule has 154 valence electrons. The topological polar surface area (TPSA) is 101 Å². The Morgan fingerprint density at radius 1 is 1.10 bits per heavy atom. The number of hydrogen-bond acceptors (Lipinski definition) is 7. The van der Waals surface area contributed by atoms with Crippen molar-refractivity contribution in [2.75, 3.05) is 10.0 Å². The molecule has 0 saturated heterocycles. The molecular formula is C19H15FN4O3S3. The molecule has 0 atom stereocenters. The van der Waals surface area contributed by atoms with E-state index in [4.69, 9.17) is 0 Å². The van der Waals surface area contributed by atoms with Crippen molar-refractivity contribution in [3.8, 4) is 0 Å². The van der Waals surface area contributed by atoms with Crippen LogP contribution in [-0.4, -0.2) is 24.3 Å². The quantitative estimate of drug-likeness (QED) is 0.448. The molecule has 0 radical (unpaired) electrons. The summed E-state index contributed by atoms with van der Waals surface area (Å²) >= 11 is 2.44. The van der Waals surface area contributed by atoms with Crippen LogP contribution in [0.3, 0.4) is 0 Å². The molecular weight excluding hydrogens is 447 g/mol. The van der Waals surface area contributed by atoms with E-state index in [1.807, 2.05) is 25.1 Å². The predicted octanol–water partition coefficient (Wildman–Crippen LogP) is 4.18. The fraction of sp³-hybridized carbons (Fsp3) is 0.105. The lowest BCUT2D eigenvalue weighted by atomic mass is 10.2. The molecule has 2 heterocycles. The van der Waals surface area contributed by atoms with Crippen LogP contribution < -0.4 is 10.0 Å². The highest BCUT2D eigenvalue weighted by atomic mass is 32.2. The number of sulfonamides is 1. The number of hydrogen-bond donors (Lipinski definition) is 2. The molecule has 0 aliphatic carbocycles. The van der Waals surface area contributed by atoms with E-state index in [2.05, 4.69) is 20.0 Å². The minimum absolute atomic E-state index is 0.0241. The van der Waals surface area contributed by atoms with Crippen LogP contribution >= 0.6 is 22.7 Å². The largest absolute Gasteiger partial charge is 0.302 e. The van der Waals surface area contributed by atoms with Gasteiger partial charge in [-0.15, -0.1) is 11.3 Å². The first kappa shape index (κ1) is 20.4. The van der Waals surface area contributed by atoms with Crippen LogP contribution in [0.1, 0.15) is 11.3 Å². The van der Waals surface area contributed by atoms with Crippen LogP contribution in [0.15, 0.2) is 52.7 Å². The summed E-state index contributed by atoms with van der Waals surface area (Å²) in [5, 5.41) is 4.96. The standard InChI is InChI=1S/C19H15FN4O3S3/c1-11-2-7-15-16(8-11)29-18(22-15)23-17(25)9-13-10-28-19(21-13)24-30(26,27)14-5-3-12(20)4-6-14/h2-8,10H,9H2,1H3,(H,21,24)(H,22,23,25). The molecule has 2 aromatic heterocycles. The number of nitrogens with zero attached hydrogens (tertiary/aromatic N) is 2. The Bertz CT molecular complexity index is 1330. The second-order valence-electron chi connectivity index (χ2n) is 6.42. The summed E-state index contributed by atoms with van der Waals surface area (Å²) in [5.41, 5.74) is 2.35. The molecule has 1 amide bonds. The lowest BCUT2D eigenvalue weighted by Crippen LogP contribution is -2.15. The Balaban J connectivity index is 1.41. The highest BCUT2D eigenvalue weighted by molar-refractivity contribution is 7.93. The van der Waals surface area contributed by atoms with Gasteiger partial charge in [0.25, 0.3) is 10.0 Å². The first-order valence-corrected chi connectivity index (χ1v) is 11.9. The summed E-state index contributed by atoms with van der Waals surface area (Å²) in [4.78, 5) is 20.8. The van der Waals surface area contributed by atoms with Gasteiger partial charge in [0.05, 0.1) is 27.2 Å². The molecule has 0 bridgehead atoms. The maximum Gasteiger partial charge on any atom is 0.263 e. The third kappa shape index (κ3) is 4.64. The van der Waals surface area contributed by atoms with Gasteiger partial charge in [-0.3, -0.25) is 9.52 Å². The molecule has 0 aliphatic heterocycles. The van der Waals surface area contributed by atoms with Crippen LogP contribution in [-0.2, 0) is 21.2 Å². The SMILES string of the molecule is Cc1ccc2nc(NC(=O)Cc3csc(NS(=O)(=O)c4ccc(F)cc4)n3)sc2c1. The molecule has 7 nitrogen and oxygen atoms in total. The first-order valence-electron chi connectivity index (χ1n) is 8.68. The number of carbonyl (C=O) groups excluding carboxylic acids is 1. The van der Waals surface area contributed by atoms with Crippen LogP contribution in [0.4, 0.5) is 14.7 Å². The normalized spacial score (nSPS) is 11.5. The molecule has 0 spiro atoms. The summed E-state index contributed by atoms with van der Waals surface area (Å²) in [6.07, 6.45) is -0.0241.